The van der Waals surface area contributed by atoms with Gasteiger partial charge in [-0.2, -0.15) is 0 Å². The third-order valence-corrected chi connectivity index (χ3v) is 4.17. The summed E-state index contributed by atoms with van der Waals surface area (Å²) in [7, 11) is 0. The first kappa shape index (κ1) is 15.3. The smallest absolute Gasteiger partial charge is 0.237 e. The first-order valence-electron chi connectivity index (χ1n) is 7.78. The van der Waals surface area contributed by atoms with E-state index in [2.05, 4.69) is 10.3 Å². The van der Waals surface area contributed by atoms with Gasteiger partial charge < -0.3 is 16.0 Å². The Kier molecular flexibility index (Phi) is 4.44. The molecular formula is C19H21N3O. The molecular weight excluding hydrogens is 286 g/mol. The number of carbonyl (C=O) groups excluding carboxylic acids is 1. The van der Waals surface area contributed by atoms with Crippen LogP contribution in [0.25, 0.3) is 10.9 Å². The molecule has 0 radical (unpaired) electrons. The molecule has 4 N–H and O–H groups in total. The number of fused-ring (bicyclic) bond motifs is 1. The zero-order valence-corrected chi connectivity index (χ0v) is 13.2. The highest BCUT2D eigenvalue weighted by atomic mass is 16.2. The van der Waals surface area contributed by atoms with E-state index in [1.807, 2.05) is 61.7 Å². The van der Waals surface area contributed by atoms with E-state index < -0.39 is 6.04 Å². The molecule has 1 atom stereocenters. The first-order valence-corrected chi connectivity index (χ1v) is 7.78. The van der Waals surface area contributed by atoms with E-state index in [0.29, 0.717) is 13.0 Å². The summed E-state index contributed by atoms with van der Waals surface area (Å²) in [5, 5.41) is 4.05. The molecule has 3 aromatic rings. The van der Waals surface area contributed by atoms with E-state index in [1.165, 1.54) is 0 Å². The van der Waals surface area contributed by atoms with Gasteiger partial charge in [0.2, 0.25) is 5.91 Å². The van der Waals surface area contributed by atoms with Crippen LogP contribution in [0.1, 0.15) is 16.7 Å². The Bertz CT molecular complexity index is 822. The molecule has 0 aliphatic heterocycles. The number of benzene rings is 2. The third-order valence-electron chi connectivity index (χ3n) is 4.17. The van der Waals surface area contributed by atoms with Crippen molar-refractivity contribution in [2.75, 3.05) is 0 Å². The summed E-state index contributed by atoms with van der Waals surface area (Å²) in [6, 6.07) is 15.5. The maximum Gasteiger partial charge on any atom is 0.237 e. The Labute approximate surface area is 135 Å². The third kappa shape index (κ3) is 3.43. The van der Waals surface area contributed by atoms with E-state index >= 15 is 0 Å². The van der Waals surface area contributed by atoms with E-state index in [4.69, 9.17) is 5.73 Å². The van der Waals surface area contributed by atoms with Gasteiger partial charge in [0.15, 0.2) is 0 Å². The molecule has 0 saturated carbocycles. The average molecular weight is 307 g/mol. The fourth-order valence-corrected chi connectivity index (χ4v) is 2.75. The second kappa shape index (κ2) is 6.67. The topological polar surface area (TPSA) is 70.9 Å². The number of nitrogens with two attached hydrogens (primary N) is 1. The monoisotopic (exact) mass is 307 g/mol. The zero-order valence-electron chi connectivity index (χ0n) is 13.2. The van der Waals surface area contributed by atoms with Crippen molar-refractivity contribution in [3.63, 3.8) is 0 Å². The highest BCUT2D eigenvalue weighted by molar-refractivity contribution is 5.86. The summed E-state index contributed by atoms with van der Waals surface area (Å²) in [6.07, 6.45) is 2.45. The average Bonchev–Trinajstić information content (AvgIpc) is 2.97. The summed E-state index contributed by atoms with van der Waals surface area (Å²) >= 11 is 0. The van der Waals surface area contributed by atoms with E-state index in [0.717, 1.165) is 27.6 Å². The van der Waals surface area contributed by atoms with Gasteiger partial charge in [-0.1, -0.05) is 42.5 Å². The van der Waals surface area contributed by atoms with E-state index in [1.54, 1.807) is 0 Å². The number of hydrogen-bond acceptors (Lipinski definition) is 2. The van der Waals surface area contributed by atoms with E-state index in [-0.39, 0.29) is 5.91 Å². The van der Waals surface area contributed by atoms with Gasteiger partial charge in [0.1, 0.15) is 0 Å². The SMILES string of the molecule is Cc1ccccc1CNC(=O)C(N)Cc1c[nH]c2ccccc12. The minimum absolute atomic E-state index is 0.126. The molecule has 23 heavy (non-hydrogen) atoms. The number of aryl methyl sites for hydroxylation is 1. The van der Waals surface area contributed by atoms with Crippen LogP contribution in [0.5, 0.6) is 0 Å². The fourth-order valence-electron chi connectivity index (χ4n) is 2.75. The Morgan fingerprint density at radius 1 is 1.13 bits per heavy atom. The van der Waals surface area contributed by atoms with Gasteiger partial charge in [0, 0.05) is 23.6 Å². The molecule has 1 unspecified atom stereocenters. The summed E-state index contributed by atoms with van der Waals surface area (Å²) in [5.74, 6) is -0.126. The van der Waals surface area contributed by atoms with Crippen molar-refractivity contribution < 1.29 is 4.79 Å². The van der Waals surface area contributed by atoms with Crippen LogP contribution in [0, 0.1) is 6.92 Å². The number of carbonyl (C=O) groups is 1. The molecule has 1 heterocycles. The lowest BCUT2D eigenvalue weighted by atomic mass is 10.0. The second-order valence-corrected chi connectivity index (χ2v) is 5.81. The van der Waals surface area contributed by atoms with Crippen LogP contribution in [-0.4, -0.2) is 16.9 Å². The highest BCUT2D eigenvalue weighted by Crippen LogP contribution is 2.18. The highest BCUT2D eigenvalue weighted by Gasteiger charge is 2.16. The predicted molar refractivity (Wildman–Crippen MR) is 93.0 cm³/mol. The number of H-pyrrole nitrogens is 1. The lowest BCUT2D eigenvalue weighted by Crippen LogP contribution is -2.41. The molecule has 0 bridgehead atoms. The van der Waals surface area contributed by atoms with Gasteiger partial charge in [0.25, 0.3) is 0 Å². The maximum atomic E-state index is 12.2. The van der Waals surface area contributed by atoms with Gasteiger partial charge in [-0.05, 0) is 36.1 Å². The van der Waals surface area contributed by atoms with Crippen molar-refractivity contribution in [1.82, 2.24) is 10.3 Å². The first-order chi connectivity index (χ1) is 11.1. The van der Waals surface area contributed by atoms with Crippen molar-refractivity contribution in [3.05, 3.63) is 71.4 Å². The largest absolute Gasteiger partial charge is 0.361 e. The molecule has 0 saturated heterocycles. The van der Waals surface area contributed by atoms with E-state index in [9.17, 15) is 4.79 Å². The van der Waals surface area contributed by atoms with Gasteiger partial charge in [-0.25, -0.2) is 0 Å². The normalized spacial score (nSPS) is 12.3. The summed E-state index contributed by atoms with van der Waals surface area (Å²) in [6.45, 7) is 2.54. The predicted octanol–water partition coefficient (Wildman–Crippen LogP) is 2.66. The number of para-hydroxylation sites is 1. The lowest BCUT2D eigenvalue weighted by molar-refractivity contribution is -0.122. The maximum absolute atomic E-state index is 12.2. The number of rotatable bonds is 5. The van der Waals surface area contributed by atoms with Gasteiger partial charge >= 0.3 is 0 Å². The molecule has 0 aliphatic rings. The number of nitrogens with one attached hydrogen (secondary N) is 2. The second-order valence-electron chi connectivity index (χ2n) is 5.81. The Balaban J connectivity index is 1.63. The minimum Gasteiger partial charge on any atom is -0.361 e. The quantitative estimate of drug-likeness (QED) is 0.678. The van der Waals surface area contributed by atoms with Crippen molar-refractivity contribution in [2.45, 2.75) is 25.9 Å². The number of amides is 1. The summed E-state index contributed by atoms with van der Waals surface area (Å²) < 4.78 is 0. The Morgan fingerprint density at radius 3 is 2.70 bits per heavy atom. The molecule has 4 nitrogen and oxygen atoms in total. The number of hydrogen-bond donors (Lipinski definition) is 3. The number of aromatic nitrogens is 1. The van der Waals surface area contributed by atoms with Crippen molar-refractivity contribution in [1.29, 1.82) is 0 Å². The molecule has 1 amide bonds. The molecule has 0 fully saturated rings. The minimum atomic E-state index is -0.557. The zero-order chi connectivity index (χ0) is 16.2. The van der Waals surface area contributed by atoms with Crippen LogP contribution in [0.3, 0.4) is 0 Å². The summed E-state index contributed by atoms with van der Waals surface area (Å²) in [5.41, 5.74) is 10.5. The molecule has 4 heteroatoms. The summed E-state index contributed by atoms with van der Waals surface area (Å²) in [4.78, 5) is 15.5. The molecule has 0 spiro atoms. The Hall–Kier alpha value is -2.59. The van der Waals surface area contributed by atoms with Gasteiger partial charge in [-0.3, -0.25) is 4.79 Å². The molecule has 1 aromatic heterocycles. The van der Waals surface area contributed by atoms with Crippen LogP contribution in [0.4, 0.5) is 0 Å². The van der Waals surface area contributed by atoms with Crippen molar-refractivity contribution in [2.24, 2.45) is 5.73 Å². The standard InChI is InChI=1S/C19H21N3O/c1-13-6-2-3-7-14(13)11-22-19(23)17(20)10-15-12-21-18-9-5-4-8-16(15)18/h2-9,12,17,21H,10-11,20H2,1H3,(H,22,23). The van der Waals surface area contributed by atoms with Gasteiger partial charge in [-0.15, -0.1) is 0 Å². The molecule has 2 aromatic carbocycles. The van der Waals surface area contributed by atoms with Crippen LogP contribution < -0.4 is 11.1 Å². The van der Waals surface area contributed by atoms with Crippen molar-refractivity contribution >= 4 is 16.8 Å². The van der Waals surface area contributed by atoms with Crippen LogP contribution in [-0.2, 0) is 17.8 Å². The van der Waals surface area contributed by atoms with Crippen LogP contribution >= 0.6 is 0 Å². The molecule has 3 rings (SSSR count). The molecule has 118 valence electrons. The fraction of sp³-hybridized carbons (Fsp3) is 0.211. The number of aromatic amines is 1. The Morgan fingerprint density at radius 2 is 1.87 bits per heavy atom. The molecule has 0 aliphatic carbocycles. The van der Waals surface area contributed by atoms with Crippen LogP contribution in [0.2, 0.25) is 0 Å². The van der Waals surface area contributed by atoms with Gasteiger partial charge in [0.05, 0.1) is 6.04 Å². The van der Waals surface area contributed by atoms with Crippen LogP contribution in [0.15, 0.2) is 54.7 Å². The lowest BCUT2D eigenvalue weighted by Gasteiger charge is -2.13. The van der Waals surface area contributed by atoms with Crippen molar-refractivity contribution in [3.8, 4) is 0 Å².